The topological polar surface area (TPSA) is 78.5 Å². The van der Waals surface area contributed by atoms with E-state index in [-0.39, 0.29) is 0 Å². The predicted molar refractivity (Wildman–Crippen MR) is 109 cm³/mol. The predicted octanol–water partition coefficient (Wildman–Crippen LogP) is 4.80. The van der Waals surface area contributed by atoms with E-state index in [1.165, 1.54) is 0 Å². The number of aromatic nitrogens is 1. The molecule has 0 unspecified atom stereocenters. The molecule has 0 saturated carbocycles. The van der Waals surface area contributed by atoms with Crippen LogP contribution >= 0.6 is 0 Å². The van der Waals surface area contributed by atoms with Crippen molar-refractivity contribution in [1.29, 1.82) is 0 Å². The van der Waals surface area contributed by atoms with Crippen LogP contribution < -0.4 is 15.8 Å². The number of fused-ring (bicyclic) bond motifs is 1. The van der Waals surface area contributed by atoms with E-state index in [1.54, 1.807) is 14.0 Å². The highest BCUT2D eigenvalue weighted by atomic mass is 16.5. The summed E-state index contributed by atoms with van der Waals surface area (Å²) in [5, 5.41) is 3.76. The lowest BCUT2D eigenvalue weighted by Gasteiger charge is -2.13. The second kappa shape index (κ2) is 7.61. The highest BCUT2D eigenvalue weighted by Crippen LogP contribution is 2.38. The van der Waals surface area contributed by atoms with E-state index in [4.69, 9.17) is 15.2 Å². The molecule has 1 amide bonds. The molecule has 0 fully saturated rings. The number of rotatable bonds is 5. The number of nitrogens with one attached hydrogen (secondary N) is 1. The molecule has 0 atom stereocenters. The molecule has 3 rings (SSSR count). The molecule has 0 aliphatic heterocycles. The van der Waals surface area contributed by atoms with E-state index in [0.717, 1.165) is 51.4 Å². The van der Waals surface area contributed by atoms with E-state index in [2.05, 4.69) is 16.8 Å². The Labute approximate surface area is 158 Å². The first kappa shape index (κ1) is 18.6. The van der Waals surface area contributed by atoms with Crippen LogP contribution in [0.2, 0.25) is 0 Å². The molecule has 0 saturated heterocycles. The van der Waals surface area contributed by atoms with Gasteiger partial charge in [0.1, 0.15) is 5.75 Å². The number of carbonyl (C=O) groups is 1. The molecule has 3 N–H and O–H groups in total. The summed E-state index contributed by atoms with van der Waals surface area (Å²) in [5.41, 5.74) is 11.9. The van der Waals surface area contributed by atoms with Crippen molar-refractivity contribution in [2.75, 3.05) is 24.8 Å². The molecule has 6 nitrogen and oxygen atoms in total. The summed E-state index contributed by atoms with van der Waals surface area (Å²) < 4.78 is 12.5. The first-order valence-corrected chi connectivity index (χ1v) is 9.00. The molecule has 1 aromatic heterocycles. The number of carbonyl (C=O) groups excluding carboxylic acids is 1. The van der Waals surface area contributed by atoms with Gasteiger partial charge in [0, 0.05) is 29.2 Å². The van der Waals surface area contributed by atoms with Crippen molar-refractivity contribution < 1.29 is 14.3 Å². The summed E-state index contributed by atoms with van der Waals surface area (Å²) in [6, 6.07) is 11.8. The zero-order valence-corrected chi connectivity index (χ0v) is 16.1. The van der Waals surface area contributed by atoms with Crippen LogP contribution in [-0.2, 0) is 11.3 Å². The molecule has 1 heterocycles. The number of methoxy groups -OCH3 is 1. The SMILES string of the molecule is CCOC(=O)Nc1ccc(-c2c(N)c3ccc(OC)cc3n2CC)cc1C. The van der Waals surface area contributed by atoms with Crippen LogP contribution in [0.1, 0.15) is 19.4 Å². The van der Waals surface area contributed by atoms with E-state index in [0.29, 0.717) is 6.61 Å². The number of hydrogen-bond acceptors (Lipinski definition) is 4. The van der Waals surface area contributed by atoms with E-state index in [9.17, 15) is 4.79 Å². The van der Waals surface area contributed by atoms with Gasteiger partial charge in [0.15, 0.2) is 0 Å². The number of hydrogen-bond donors (Lipinski definition) is 2. The van der Waals surface area contributed by atoms with Gasteiger partial charge in [-0.2, -0.15) is 0 Å². The fourth-order valence-electron chi connectivity index (χ4n) is 3.35. The van der Waals surface area contributed by atoms with E-state index < -0.39 is 6.09 Å². The van der Waals surface area contributed by atoms with Gasteiger partial charge < -0.3 is 19.8 Å². The van der Waals surface area contributed by atoms with Crippen molar-refractivity contribution in [2.45, 2.75) is 27.3 Å². The second-order valence-corrected chi connectivity index (χ2v) is 6.26. The summed E-state index contributed by atoms with van der Waals surface area (Å²) in [7, 11) is 1.66. The Bertz CT molecular complexity index is 992. The first-order valence-electron chi connectivity index (χ1n) is 9.00. The van der Waals surface area contributed by atoms with Gasteiger partial charge >= 0.3 is 6.09 Å². The van der Waals surface area contributed by atoms with Gasteiger partial charge in [-0.05, 0) is 50.6 Å². The monoisotopic (exact) mass is 367 g/mol. The molecule has 3 aromatic rings. The lowest BCUT2D eigenvalue weighted by molar-refractivity contribution is 0.168. The highest BCUT2D eigenvalue weighted by molar-refractivity contribution is 6.01. The fourth-order valence-corrected chi connectivity index (χ4v) is 3.35. The van der Waals surface area contributed by atoms with Crippen LogP contribution in [0, 0.1) is 6.92 Å². The van der Waals surface area contributed by atoms with E-state index >= 15 is 0 Å². The molecular formula is C21H25N3O3. The molecule has 142 valence electrons. The number of nitrogens with zero attached hydrogens (tertiary/aromatic N) is 1. The smallest absolute Gasteiger partial charge is 0.411 e. The summed E-state index contributed by atoms with van der Waals surface area (Å²) in [6.07, 6.45) is -0.456. The van der Waals surface area contributed by atoms with Crippen LogP contribution in [-0.4, -0.2) is 24.4 Å². The maximum Gasteiger partial charge on any atom is 0.411 e. The fraction of sp³-hybridized carbons (Fsp3) is 0.286. The molecule has 2 aromatic carbocycles. The van der Waals surface area contributed by atoms with Crippen molar-refractivity contribution >= 4 is 28.4 Å². The third-order valence-electron chi connectivity index (χ3n) is 4.64. The zero-order valence-electron chi connectivity index (χ0n) is 16.1. The second-order valence-electron chi connectivity index (χ2n) is 6.26. The van der Waals surface area contributed by atoms with Gasteiger partial charge in [0.2, 0.25) is 0 Å². The Morgan fingerprint density at radius 2 is 1.96 bits per heavy atom. The van der Waals surface area contributed by atoms with Crippen LogP contribution in [0.4, 0.5) is 16.2 Å². The normalized spacial score (nSPS) is 10.8. The van der Waals surface area contributed by atoms with Gasteiger partial charge in [-0.25, -0.2) is 4.79 Å². The maximum atomic E-state index is 11.7. The number of aryl methyl sites for hydroxylation is 2. The van der Waals surface area contributed by atoms with E-state index in [1.807, 2.05) is 43.3 Å². The largest absolute Gasteiger partial charge is 0.497 e. The van der Waals surface area contributed by atoms with Crippen LogP contribution in [0.3, 0.4) is 0 Å². The summed E-state index contributed by atoms with van der Waals surface area (Å²) in [4.78, 5) is 11.7. The van der Waals surface area contributed by atoms with Gasteiger partial charge in [0.05, 0.1) is 30.6 Å². The van der Waals surface area contributed by atoms with Gasteiger partial charge in [-0.3, -0.25) is 5.32 Å². The van der Waals surface area contributed by atoms with Crippen LogP contribution in [0.15, 0.2) is 36.4 Å². The van der Waals surface area contributed by atoms with Crippen molar-refractivity contribution in [3.63, 3.8) is 0 Å². The molecule has 0 aliphatic carbocycles. The molecule has 0 aliphatic rings. The number of anilines is 2. The molecule has 0 bridgehead atoms. The summed E-state index contributed by atoms with van der Waals surface area (Å²) >= 11 is 0. The number of nitrogens with two attached hydrogens (primary N) is 1. The molecule has 6 heteroatoms. The lowest BCUT2D eigenvalue weighted by Crippen LogP contribution is -2.14. The average molecular weight is 367 g/mol. The molecule has 27 heavy (non-hydrogen) atoms. The summed E-state index contributed by atoms with van der Waals surface area (Å²) in [6.45, 7) is 6.92. The minimum Gasteiger partial charge on any atom is -0.497 e. The average Bonchev–Trinajstić information content (AvgIpc) is 2.94. The molecule has 0 spiro atoms. The minimum atomic E-state index is -0.456. The standard InChI is InChI=1S/C21H25N3O3/c1-5-24-18-12-15(26-4)8-9-16(18)19(22)20(24)14-7-10-17(13(3)11-14)23-21(25)27-6-2/h7-12H,5-6,22H2,1-4H3,(H,23,25). The third kappa shape index (κ3) is 3.43. The zero-order chi connectivity index (χ0) is 19.6. The Morgan fingerprint density at radius 1 is 1.19 bits per heavy atom. The Morgan fingerprint density at radius 3 is 2.59 bits per heavy atom. The highest BCUT2D eigenvalue weighted by Gasteiger charge is 2.17. The van der Waals surface area contributed by atoms with Crippen LogP contribution in [0.25, 0.3) is 22.2 Å². The van der Waals surface area contributed by atoms with Crippen molar-refractivity contribution in [3.05, 3.63) is 42.0 Å². The van der Waals surface area contributed by atoms with Gasteiger partial charge in [-0.1, -0.05) is 6.07 Å². The first-order chi connectivity index (χ1) is 13.0. The van der Waals surface area contributed by atoms with Crippen molar-refractivity contribution in [3.8, 4) is 17.0 Å². The Kier molecular flexibility index (Phi) is 5.26. The lowest BCUT2D eigenvalue weighted by atomic mass is 10.1. The van der Waals surface area contributed by atoms with Crippen molar-refractivity contribution in [2.24, 2.45) is 0 Å². The number of ether oxygens (including phenoxy) is 2. The van der Waals surface area contributed by atoms with Gasteiger partial charge in [-0.15, -0.1) is 0 Å². The van der Waals surface area contributed by atoms with Gasteiger partial charge in [0.25, 0.3) is 0 Å². The Balaban J connectivity index is 2.08. The van der Waals surface area contributed by atoms with Crippen LogP contribution in [0.5, 0.6) is 5.75 Å². The summed E-state index contributed by atoms with van der Waals surface area (Å²) in [5.74, 6) is 0.798. The minimum absolute atomic E-state index is 0.333. The number of nitrogen functional groups attached to an aromatic ring is 1. The third-order valence-corrected chi connectivity index (χ3v) is 4.64. The number of amides is 1. The van der Waals surface area contributed by atoms with Crippen molar-refractivity contribution in [1.82, 2.24) is 4.57 Å². The number of benzene rings is 2. The Hall–Kier alpha value is -3.15. The maximum absolute atomic E-state index is 11.7. The molecular weight excluding hydrogens is 342 g/mol. The molecule has 0 radical (unpaired) electrons. The quantitative estimate of drug-likeness (QED) is 0.679.